The number of aliphatic hydroxyl groups is 2. The normalized spacial score (nSPS) is 16.7. The van der Waals surface area contributed by atoms with Crippen molar-refractivity contribution in [2.24, 2.45) is 5.92 Å². The molecule has 1 aliphatic heterocycles. The van der Waals surface area contributed by atoms with Crippen molar-refractivity contribution in [1.82, 2.24) is 4.90 Å². The Hall–Kier alpha value is -1.99. The summed E-state index contributed by atoms with van der Waals surface area (Å²) in [6.45, 7) is 7.50. The third kappa shape index (κ3) is 7.27. The number of carbonyl (C=O) groups is 1. The monoisotopic (exact) mass is 380 g/mol. The smallest absolute Gasteiger partial charge is 0.410 e. The first kappa shape index (κ1) is 21.3. The van der Waals surface area contributed by atoms with Crippen LogP contribution in [0.25, 0.3) is 0 Å². The number of hydrogen-bond donors (Lipinski definition) is 3. The highest BCUT2D eigenvalue weighted by Gasteiger charge is 2.27. The minimum Gasteiger partial charge on any atom is -0.491 e. The summed E-state index contributed by atoms with van der Waals surface area (Å²) in [5.41, 5.74) is 0.313. The fraction of sp³-hybridized carbons (Fsp3) is 0.650. The number of aliphatic hydroxyl groups excluding tert-OH is 2. The first-order valence-corrected chi connectivity index (χ1v) is 9.51. The molecule has 1 atom stereocenters. The molecule has 1 aromatic rings. The van der Waals surface area contributed by atoms with Gasteiger partial charge in [0.15, 0.2) is 0 Å². The van der Waals surface area contributed by atoms with Gasteiger partial charge in [-0.05, 0) is 51.7 Å². The second kappa shape index (κ2) is 9.80. The maximum absolute atomic E-state index is 12.1. The second-order valence-electron chi connectivity index (χ2n) is 7.94. The van der Waals surface area contributed by atoms with E-state index in [9.17, 15) is 9.90 Å². The number of benzene rings is 1. The van der Waals surface area contributed by atoms with Crippen LogP contribution in [0.15, 0.2) is 24.3 Å². The number of nitrogens with one attached hydrogen (secondary N) is 1. The average Bonchev–Trinajstić information content (AvgIpc) is 2.64. The predicted octanol–water partition coefficient (Wildman–Crippen LogP) is 2.48. The summed E-state index contributed by atoms with van der Waals surface area (Å²) in [5.74, 6) is 1.09. The van der Waals surface area contributed by atoms with Gasteiger partial charge in [-0.2, -0.15) is 0 Å². The summed E-state index contributed by atoms with van der Waals surface area (Å²) in [5, 5.41) is 21.5. The molecule has 7 heteroatoms. The zero-order valence-electron chi connectivity index (χ0n) is 16.5. The lowest BCUT2D eigenvalue weighted by Gasteiger charge is -2.33. The molecule has 0 saturated carbocycles. The molecule has 7 nitrogen and oxygen atoms in total. The molecule has 1 saturated heterocycles. The largest absolute Gasteiger partial charge is 0.491 e. The SMILES string of the molecule is CC(C)(C)OC(=O)N1CCC(COc2ccccc2NCC(O)CO)CC1. The predicted molar refractivity (Wildman–Crippen MR) is 104 cm³/mol. The Kier molecular flexibility index (Phi) is 7.74. The zero-order valence-corrected chi connectivity index (χ0v) is 16.5. The van der Waals surface area contributed by atoms with Gasteiger partial charge in [0, 0.05) is 19.6 Å². The van der Waals surface area contributed by atoms with E-state index in [1.165, 1.54) is 0 Å². The van der Waals surface area contributed by atoms with Gasteiger partial charge < -0.3 is 29.9 Å². The fourth-order valence-corrected chi connectivity index (χ4v) is 2.85. The minimum absolute atomic E-state index is 0.251. The van der Waals surface area contributed by atoms with Gasteiger partial charge in [-0.25, -0.2) is 4.79 Å². The minimum atomic E-state index is -0.810. The molecule has 2 rings (SSSR count). The Morgan fingerprint density at radius 3 is 2.59 bits per heavy atom. The standard InChI is InChI=1S/C20H32N2O5/c1-20(2,3)27-19(25)22-10-8-15(9-11-22)14-26-18-7-5-4-6-17(18)21-12-16(24)13-23/h4-7,15-16,21,23-24H,8-14H2,1-3H3. The zero-order chi connectivity index (χ0) is 19.9. The number of carbonyl (C=O) groups excluding carboxylic acids is 1. The molecule has 1 amide bonds. The van der Waals surface area contributed by atoms with Gasteiger partial charge in [0.25, 0.3) is 0 Å². The number of amides is 1. The molecule has 1 unspecified atom stereocenters. The highest BCUT2D eigenvalue weighted by Crippen LogP contribution is 2.26. The molecule has 0 radical (unpaired) electrons. The average molecular weight is 380 g/mol. The molecular formula is C20H32N2O5. The highest BCUT2D eigenvalue weighted by molar-refractivity contribution is 5.68. The number of ether oxygens (including phenoxy) is 2. The van der Waals surface area contributed by atoms with Gasteiger partial charge in [0.05, 0.1) is 25.0 Å². The van der Waals surface area contributed by atoms with Crippen LogP contribution in [-0.4, -0.2) is 65.8 Å². The van der Waals surface area contributed by atoms with E-state index in [0.717, 1.165) is 24.3 Å². The van der Waals surface area contributed by atoms with E-state index in [1.54, 1.807) is 4.90 Å². The summed E-state index contributed by atoms with van der Waals surface area (Å²) in [6, 6.07) is 7.54. The molecule has 3 N–H and O–H groups in total. The maximum atomic E-state index is 12.1. The van der Waals surface area contributed by atoms with Crippen molar-refractivity contribution in [3.63, 3.8) is 0 Å². The number of nitrogens with zero attached hydrogens (tertiary/aromatic N) is 1. The van der Waals surface area contributed by atoms with Crippen molar-refractivity contribution in [2.45, 2.75) is 45.3 Å². The van der Waals surface area contributed by atoms with E-state index in [1.807, 2.05) is 45.0 Å². The molecule has 0 aromatic heterocycles. The van der Waals surface area contributed by atoms with Crippen molar-refractivity contribution in [3.8, 4) is 5.75 Å². The molecule has 0 spiro atoms. The first-order valence-electron chi connectivity index (χ1n) is 9.51. The lowest BCUT2D eigenvalue weighted by Crippen LogP contribution is -2.42. The Balaban J connectivity index is 1.79. The molecular weight excluding hydrogens is 348 g/mol. The number of rotatable bonds is 7. The third-order valence-corrected chi connectivity index (χ3v) is 4.37. The van der Waals surface area contributed by atoms with Crippen LogP contribution < -0.4 is 10.1 Å². The molecule has 1 aliphatic rings. The molecule has 27 heavy (non-hydrogen) atoms. The van der Waals surface area contributed by atoms with Crippen LogP contribution in [0, 0.1) is 5.92 Å². The van der Waals surface area contributed by atoms with E-state index in [4.69, 9.17) is 14.6 Å². The Labute approximate surface area is 161 Å². The van der Waals surface area contributed by atoms with Gasteiger partial charge in [-0.1, -0.05) is 12.1 Å². The third-order valence-electron chi connectivity index (χ3n) is 4.37. The van der Waals surface area contributed by atoms with Gasteiger partial charge in [-0.15, -0.1) is 0 Å². The van der Waals surface area contributed by atoms with Crippen LogP contribution >= 0.6 is 0 Å². The van der Waals surface area contributed by atoms with Crippen LogP contribution in [0.3, 0.4) is 0 Å². The highest BCUT2D eigenvalue weighted by atomic mass is 16.6. The molecule has 1 heterocycles. The van der Waals surface area contributed by atoms with E-state index < -0.39 is 11.7 Å². The Morgan fingerprint density at radius 2 is 1.96 bits per heavy atom. The summed E-state index contributed by atoms with van der Waals surface area (Å²) >= 11 is 0. The van der Waals surface area contributed by atoms with Gasteiger partial charge in [0.2, 0.25) is 0 Å². The molecule has 1 fully saturated rings. The quantitative estimate of drug-likeness (QED) is 0.673. The first-order chi connectivity index (χ1) is 12.8. The number of likely N-dealkylation sites (tertiary alicyclic amines) is 1. The number of piperidine rings is 1. The van der Waals surface area contributed by atoms with Gasteiger partial charge in [-0.3, -0.25) is 0 Å². The van der Waals surface area contributed by atoms with E-state index >= 15 is 0 Å². The topological polar surface area (TPSA) is 91.3 Å². The van der Waals surface area contributed by atoms with E-state index in [2.05, 4.69) is 5.32 Å². The summed E-state index contributed by atoms with van der Waals surface area (Å²) in [6.07, 6.45) is 0.685. The van der Waals surface area contributed by atoms with Crippen LogP contribution in [0.4, 0.5) is 10.5 Å². The number of hydrogen-bond acceptors (Lipinski definition) is 6. The molecule has 1 aromatic carbocycles. The summed E-state index contributed by atoms with van der Waals surface area (Å²) in [7, 11) is 0. The summed E-state index contributed by atoms with van der Waals surface area (Å²) in [4.78, 5) is 13.9. The van der Waals surface area contributed by atoms with Crippen LogP contribution in [-0.2, 0) is 4.74 Å². The lowest BCUT2D eigenvalue weighted by atomic mass is 9.98. The second-order valence-corrected chi connectivity index (χ2v) is 7.94. The van der Waals surface area contributed by atoms with Crippen molar-refractivity contribution < 1.29 is 24.5 Å². The van der Waals surface area contributed by atoms with Crippen molar-refractivity contribution >= 4 is 11.8 Å². The van der Waals surface area contributed by atoms with Crippen LogP contribution in [0.5, 0.6) is 5.75 Å². The maximum Gasteiger partial charge on any atom is 0.410 e. The van der Waals surface area contributed by atoms with Gasteiger partial charge >= 0.3 is 6.09 Å². The fourth-order valence-electron chi connectivity index (χ4n) is 2.85. The number of para-hydroxylation sites is 2. The number of anilines is 1. The Morgan fingerprint density at radius 1 is 1.30 bits per heavy atom. The van der Waals surface area contributed by atoms with Crippen molar-refractivity contribution in [1.29, 1.82) is 0 Å². The Bertz CT molecular complexity index is 594. The summed E-state index contributed by atoms with van der Waals surface area (Å²) < 4.78 is 11.4. The molecule has 152 valence electrons. The van der Waals surface area contributed by atoms with Crippen LogP contribution in [0.1, 0.15) is 33.6 Å². The molecule has 0 aliphatic carbocycles. The van der Waals surface area contributed by atoms with Crippen molar-refractivity contribution in [2.75, 3.05) is 38.2 Å². The van der Waals surface area contributed by atoms with Gasteiger partial charge in [0.1, 0.15) is 11.4 Å². The molecule has 0 bridgehead atoms. The lowest BCUT2D eigenvalue weighted by molar-refractivity contribution is 0.0165. The van der Waals surface area contributed by atoms with Crippen molar-refractivity contribution in [3.05, 3.63) is 24.3 Å². The van der Waals surface area contributed by atoms with E-state index in [-0.39, 0.29) is 19.2 Å². The van der Waals surface area contributed by atoms with Crippen LogP contribution in [0.2, 0.25) is 0 Å². The van der Waals surface area contributed by atoms with E-state index in [0.29, 0.717) is 25.6 Å².